The molecule has 0 unspecified atom stereocenters. The third-order valence-electron chi connectivity index (χ3n) is 3.08. The molecule has 0 fully saturated rings. The molecule has 0 aliphatic rings. The van der Waals surface area contributed by atoms with E-state index in [2.05, 4.69) is 4.98 Å². The van der Waals surface area contributed by atoms with Gasteiger partial charge in [-0.25, -0.2) is 9.78 Å². The summed E-state index contributed by atoms with van der Waals surface area (Å²) in [5.41, 5.74) is 2.69. The van der Waals surface area contributed by atoms with Gasteiger partial charge in [-0.2, -0.15) is 5.26 Å². The van der Waals surface area contributed by atoms with Crippen molar-refractivity contribution in [1.29, 1.82) is 5.26 Å². The van der Waals surface area contributed by atoms with E-state index in [0.29, 0.717) is 11.3 Å². The van der Waals surface area contributed by atoms with E-state index >= 15 is 0 Å². The Labute approximate surface area is 114 Å². The van der Waals surface area contributed by atoms with Crippen LogP contribution in [0.4, 0.5) is 0 Å². The van der Waals surface area contributed by atoms with E-state index in [1.54, 1.807) is 17.0 Å². The lowest BCUT2D eigenvalue weighted by Gasteiger charge is -2.07. The van der Waals surface area contributed by atoms with Gasteiger partial charge in [0.1, 0.15) is 12.4 Å². The average molecular weight is 263 g/mol. The molecule has 3 rings (SSSR count). The van der Waals surface area contributed by atoms with Crippen molar-refractivity contribution < 1.29 is 9.90 Å². The molecule has 0 saturated carbocycles. The average Bonchev–Trinajstić information content (AvgIpc) is 2.90. The third kappa shape index (κ3) is 1.80. The molecular weight excluding hydrogens is 254 g/mol. The number of carbonyl (C=O) groups is 1. The number of para-hydroxylation sites is 2. The lowest BCUT2D eigenvalue weighted by Crippen LogP contribution is -2.01. The Morgan fingerprint density at radius 2 is 2.05 bits per heavy atom. The van der Waals surface area contributed by atoms with Gasteiger partial charge in [0, 0.05) is 0 Å². The van der Waals surface area contributed by atoms with Crippen molar-refractivity contribution in [2.24, 2.45) is 0 Å². The predicted octanol–water partition coefficient (Wildman–Crippen LogP) is 2.60. The van der Waals surface area contributed by atoms with Crippen molar-refractivity contribution in [3.05, 3.63) is 59.9 Å². The number of benzene rings is 2. The molecule has 3 aromatic rings. The Morgan fingerprint density at radius 1 is 1.25 bits per heavy atom. The van der Waals surface area contributed by atoms with Crippen molar-refractivity contribution in [3.63, 3.8) is 0 Å². The second-order valence-corrected chi connectivity index (χ2v) is 4.25. The van der Waals surface area contributed by atoms with Crippen molar-refractivity contribution in [2.45, 2.75) is 0 Å². The molecular formula is C15H9N3O2. The highest BCUT2D eigenvalue weighted by Gasteiger charge is 2.11. The van der Waals surface area contributed by atoms with Crippen molar-refractivity contribution in [2.75, 3.05) is 0 Å². The highest BCUT2D eigenvalue weighted by molar-refractivity contribution is 5.89. The number of carboxylic acids is 1. The maximum Gasteiger partial charge on any atom is 0.335 e. The van der Waals surface area contributed by atoms with Crippen LogP contribution in [0.5, 0.6) is 0 Å². The summed E-state index contributed by atoms with van der Waals surface area (Å²) in [5, 5.41) is 18.2. The zero-order valence-corrected chi connectivity index (χ0v) is 10.3. The van der Waals surface area contributed by atoms with Crippen LogP contribution in [-0.2, 0) is 0 Å². The minimum absolute atomic E-state index is 0.0923. The van der Waals surface area contributed by atoms with Crippen molar-refractivity contribution in [1.82, 2.24) is 9.55 Å². The summed E-state index contributed by atoms with van der Waals surface area (Å²) < 4.78 is 1.78. The molecule has 0 bridgehead atoms. The Hall–Kier alpha value is -3.13. The third-order valence-corrected chi connectivity index (χ3v) is 3.08. The van der Waals surface area contributed by atoms with Gasteiger partial charge in [-0.3, -0.25) is 4.57 Å². The topological polar surface area (TPSA) is 78.9 Å². The van der Waals surface area contributed by atoms with Crippen LogP contribution < -0.4 is 0 Å². The van der Waals surface area contributed by atoms with E-state index in [4.69, 9.17) is 5.11 Å². The molecule has 1 N–H and O–H groups in total. The van der Waals surface area contributed by atoms with Gasteiger partial charge in [-0.15, -0.1) is 0 Å². The summed E-state index contributed by atoms with van der Waals surface area (Å²) in [6.45, 7) is 0. The van der Waals surface area contributed by atoms with Gasteiger partial charge in [-0.05, 0) is 30.3 Å². The monoisotopic (exact) mass is 263 g/mol. The Bertz CT molecular complexity index is 859. The number of hydrogen-bond donors (Lipinski definition) is 1. The molecule has 0 spiro atoms. The number of aromatic carboxylic acids is 1. The lowest BCUT2D eigenvalue weighted by molar-refractivity contribution is 0.0697. The Morgan fingerprint density at radius 3 is 2.80 bits per heavy atom. The summed E-state index contributed by atoms with van der Waals surface area (Å²) in [6.07, 6.45) is 1.63. The summed E-state index contributed by atoms with van der Waals surface area (Å²) in [7, 11) is 0. The Kier molecular flexibility index (Phi) is 2.70. The maximum absolute atomic E-state index is 11.0. The van der Waals surface area contributed by atoms with Crippen LogP contribution in [0, 0.1) is 11.3 Å². The smallest absolute Gasteiger partial charge is 0.335 e. The largest absolute Gasteiger partial charge is 0.478 e. The number of nitriles is 1. The van der Waals surface area contributed by atoms with Gasteiger partial charge in [0.05, 0.1) is 27.8 Å². The quantitative estimate of drug-likeness (QED) is 0.770. The van der Waals surface area contributed by atoms with Crippen LogP contribution in [0.2, 0.25) is 0 Å². The molecule has 1 heterocycles. The summed E-state index contributed by atoms with van der Waals surface area (Å²) >= 11 is 0. The van der Waals surface area contributed by atoms with Crippen LogP contribution in [0.1, 0.15) is 15.9 Å². The van der Waals surface area contributed by atoms with Gasteiger partial charge < -0.3 is 5.11 Å². The van der Waals surface area contributed by atoms with Crippen LogP contribution in [0.3, 0.4) is 0 Å². The molecule has 0 aliphatic carbocycles. The molecule has 0 amide bonds. The van der Waals surface area contributed by atoms with Gasteiger partial charge in [0.2, 0.25) is 0 Å². The van der Waals surface area contributed by atoms with Crippen LogP contribution in [0.25, 0.3) is 16.7 Å². The minimum Gasteiger partial charge on any atom is -0.478 e. The zero-order valence-electron chi connectivity index (χ0n) is 10.3. The number of rotatable bonds is 2. The summed E-state index contributed by atoms with van der Waals surface area (Å²) in [5.74, 6) is -1.05. The molecule has 5 nitrogen and oxygen atoms in total. The molecule has 2 aromatic carbocycles. The molecule has 0 radical (unpaired) electrons. The van der Waals surface area contributed by atoms with E-state index in [1.807, 2.05) is 30.3 Å². The van der Waals surface area contributed by atoms with Gasteiger partial charge in [-0.1, -0.05) is 12.1 Å². The number of aromatic nitrogens is 2. The van der Waals surface area contributed by atoms with Crippen LogP contribution in [-0.4, -0.2) is 20.6 Å². The predicted molar refractivity (Wildman–Crippen MR) is 72.7 cm³/mol. The SMILES string of the molecule is N#Cc1cc(C(=O)O)ccc1-n1cnc2ccccc21. The van der Waals surface area contributed by atoms with Crippen molar-refractivity contribution >= 4 is 17.0 Å². The maximum atomic E-state index is 11.0. The fourth-order valence-electron chi connectivity index (χ4n) is 2.12. The van der Waals surface area contributed by atoms with Crippen LogP contribution >= 0.6 is 0 Å². The fraction of sp³-hybridized carbons (Fsp3) is 0. The number of hydrogen-bond acceptors (Lipinski definition) is 3. The van der Waals surface area contributed by atoms with Gasteiger partial charge in [0.25, 0.3) is 0 Å². The number of nitrogens with zero attached hydrogens (tertiary/aromatic N) is 3. The first-order valence-electron chi connectivity index (χ1n) is 5.90. The number of fused-ring (bicyclic) bond motifs is 1. The highest BCUT2D eigenvalue weighted by Crippen LogP contribution is 2.21. The Balaban J connectivity index is 2.24. The standard InChI is InChI=1S/C15H9N3O2/c16-8-11-7-10(15(19)20)5-6-13(11)18-9-17-12-3-1-2-4-14(12)18/h1-7,9H,(H,19,20). The fourth-order valence-corrected chi connectivity index (χ4v) is 2.12. The minimum atomic E-state index is -1.05. The molecule has 0 atom stereocenters. The van der Waals surface area contributed by atoms with Crippen LogP contribution in [0.15, 0.2) is 48.8 Å². The first kappa shape index (κ1) is 11.9. The lowest BCUT2D eigenvalue weighted by atomic mass is 10.1. The number of carboxylic acid groups (broad SMARTS) is 1. The summed E-state index contributed by atoms with van der Waals surface area (Å²) in [4.78, 5) is 15.2. The van der Waals surface area contributed by atoms with E-state index in [1.165, 1.54) is 12.1 Å². The van der Waals surface area contributed by atoms with Gasteiger partial charge in [0.15, 0.2) is 0 Å². The first-order chi connectivity index (χ1) is 9.70. The van der Waals surface area contributed by atoms with Crippen molar-refractivity contribution in [3.8, 4) is 11.8 Å². The molecule has 96 valence electrons. The highest BCUT2D eigenvalue weighted by atomic mass is 16.4. The normalized spacial score (nSPS) is 10.3. The van der Waals surface area contributed by atoms with E-state index in [-0.39, 0.29) is 5.56 Å². The summed E-state index contributed by atoms with van der Waals surface area (Å²) in [6, 6.07) is 14.1. The molecule has 20 heavy (non-hydrogen) atoms. The molecule has 5 heteroatoms. The molecule has 1 aromatic heterocycles. The zero-order chi connectivity index (χ0) is 14.1. The van der Waals surface area contributed by atoms with E-state index < -0.39 is 5.97 Å². The number of imidazole rings is 1. The molecule has 0 saturated heterocycles. The molecule has 0 aliphatic heterocycles. The van der Waals surface area contributed by atoms with Gasteiger partial charge >= 0.3 is 5.97 Å². The second-order valence-electron chi connectivity index (χ2n) is 4.25. The van der Waals surface area contributed by atoms with E-state index in [9.17, 15) is 10.1 Å². The first-order valence-corrected chi connectivity index (χ1v) is 5.90. The second kappa shape index (κ2) is 4.52. The van der Waals surface area contributed by atoms with E-state index in [0.717, 1.165) is 11.0 Å².